The summed E-state index contributed by atoms with van der Waals surface area (Å²) in [5, 5.41) is 24.7. The lowest BCUT2D eigenvalue weighted by Crippen LogP contribution is -2.15. The molecule has 0 spiro atoms. The first-order valence-corrected chi connectivity index (χ1v) is 17.1. The van der Waals surface area contributed by atoms with Gasteiger partial charge in [0.2, 0.25) is 0 Å². The fourth-order valence-corrected chi connectivity index (χ4v) is 8.33. The monoisotopic (exact) mass is 640 g/mol. The second-order valence-electron chi connectivity index (χ2n) is 14.1. The Kier molecular flexibility index (Phi) is 7.77. The second-order valence-corrected chi connectivity index (χ2v) is 14.1. The number of benzene rings is 1. The summed E-state index contributed by atoms with van der Waals surface area (Å²) in [6, 6.07) is 4.51. The van der Waals surface area contributed by atoms with Crippen LogP contribution in [0.15, 0.2) is 119 Å². The Morgan fingerprint density at radius 1 is 0.896 bits per heavy atom. The van der Waals surface area contributed by atoms with Gasteiger partial charge in [0.15, 0.2) is 0 Å². The van der Waals surface area contributed by atoms with E-state index >= 15 is 0 Å². The highest BCUT2D eigenvalue weighted by Crippen LogP contribution is 2.46. The van der Waals surface area contributed by atoms with Gasteiger partial charge in [0, 0.05) is 53.6 Å². The Morgan fingerprint density at radius 3 is 2.21 bits per heavy atom. The summed E-state index contributed by atoms with van der Waals surface area (Å²) in [7, 11) is 0. The number of fused-ring (bicyclic) bond motifs is 5. The lowest BCUT2D eigenvalue weighted by atomic mass is 9.86. The van der Waals surface area contributed by atoms with Crippen molar-refractivity contribution in [2.75, 3.05) is 0 Å². The average molecular weight is 641 g/mol. The maximum absolute atomic E-state index is 11.8. The van der Waals surface area contributed by atoms with Crippen LogP contribution in [0.3, 0.4) is 0 Å². The maximum Gasteiger partial charge on any atom is 0.303 e. The average Bonchev–Trinajstić information content (AvgIpc) is 3.77. The third-order valence-corrected chi connectivity index (χ3v) is 11.0. The van der Waals surface area contributed by atoms with Gasteiger partial charge < -0.3 is 15.5 Å². The van der Waals surface area contributed by atoms with Crippen LogP contribution in [0.5, 0.6) is 0 Å². The smallest absolute Gasteiger partial charge is 0.303 e. The molecule has 3 N–H and O–H groups in total. The van der Waals surface area contributed by atoms with Gasteiger partial charge in [-0.3, -0.25) is 4.79 Å². The van der Waals surface area contributed by atoms with Crippen LogP contribution < -0.4 is 5.32 Å². The van der Waals surface area contributed by atoms with Crippen LogP contribution >= 0.6 is 0 Å². The first-order chi connectivity index (χ1) is 22.9. The molecule has 2 atom stereocenters. The summed E-state index contributed by atoms with van der Waals surface area (Å²) in [5.41, 5.74) is 19.6. The van der Waals surface area contributed by atoms with Crippen LogP contribution in [0.1, 0.15) is 82.6 Å². The number of allylic oxidation sites excluding steroid dienone is 12. The number of hydrogen-bond acceptors (Lipinski definition) is 6. The van der Waals surface area contributed by atoms with E-state index in [4.69, 9.17) is 15.0 Å². The number of rotatable bonds is 6. The minimum atomic E-state index is -0.813. The molecule has 1 aromatic carbocycles. The molecule has 6 aliphatic rings. The zero-order chi connectivity index (χ0) is 34.2. The largest absolute Gasteiger partial charge is 0.511 e. The Morgan fingerprint density at radius 2 is 1.54 bits per heavy atom. The predicted molar refractivity (Wildman–Crippen MR) is 193 cm³/mol. The Balaban J connectivity index is 1.46. The molecule has 0 radical (unpaired) electrons. The van der Waals surface area contributed by atoms with Gasteiger partial charge in [0.1, 0.15) is 5.76 Å². The summed E-state index contributed by atoms with van der Waals surface area (Å²) in [4.78, 5) is 27.4. The molecule has 246 valence electrons. The van der Waals surface area contributed by atoms with Crippen molar-refractivity contribution in [2.45, 2.75) is 87.5 Å². The highest BCUT2D eigenvalue weighted by molar-refractivity contribution is 6.21. The Hall–Kier alpha value is -4.78. The summed E-state index contributed by atoms with van der Waals surface area (Å²) in [6.07, 6.45) is 8.87. The predicted octanol–water partition coefficient (Wildman–Crippen LogP) is 8.69. The van der Waals surface area contributed by atoms with Gasteiger partial charge >= 0.3 is 5.97 Å². The third kappa shape index (κ3) is 5.11. The van der Waals surface area contributed by atoms with Crippen molar-refractivity contribution in [3.8, 4) is 0 Å². The van der Waals surface area contributed by atoms with Crippen molar-refractivity contribution in [2.24, 2.45) is 26.8 Å². The van der Waals surface area contributed by atoms with E-state index < -0.39 is 5.97 Å². The van der Waals surface area contributed by atoms with Gasteiger partial charge in [0.05, 0.1) is 34.2 Å². The Bertz CT molecular complexity index is 2060. The molecular formula is C41H44N4O3. The molecule has 0 unspecified atom stereocenters. The number of carboxylic acids is 1. The Labute approximate surface area is 283 Å². The van der Waals surface area contributed by atoms with E-state index in [1.165, 1.54) is 33.4 Å². The van der Waals surface area contributed by atoms with Crippen molar-refractivity contribution in [3.63, 3.8) is 0 Å². The SMILES string of the molecule is CCC1=C(C)C2=NC1=CC1=C(C)C3=C(O)CC(=C4NC(=CC5=NC(=C2)C(Cc2c(C)cc(C)cc2C)=C5C)[C@@H](C)[C@@H]4CCC(=O)O)C3=N1. The highest BCUT2D eigenvalue weighted by Gasteiger charge is 2.41. The fourth-order valence-electron chi connectivity index (χ4n) is 8.33. The molecule has 1 saturated heterocycles. The van der Waals surface area contributed by atoms with Gasteiger partial charge in [-0.15, -0.1) is 0 Å². The topological polar surface area (TPSA) is 107 Å². The summed E-state index contributed by atoms with van der Waals surface area (Å²) < 4.78 is 0. The van der Waals surface area contributed by atoms with Crippen LogP contribution in [0.25, 0.3) is 0 Å². The first kappa shape index (κ1) is 31.8. The number of carboxylic acid groups (broad SMARTS) is 1. The number of nitrogens with zero attached hydrogens (tertiary/aromatic N) is 3. The molecule has 0 aromatic heterocycles. The van der Waals surface area contributed by atoms with E-state index in [1.807, 2.05) is 6.92 Å². The highest BCUT2D eigenvalue weighted by atomic mass is 16.4. The number of carbonyl (C=O) groups is 1. The minimum Gasteiger partial charge on any atom is -0.511 e. The first-order valence-electron chi connectivity index (χ1n) is 17.1. The normalized spacial score (nSPS) is 23.2. The molecule has 5 heterocycles. The molecule has 8 bridgehead atoms. The van der Waals surface area contributed by atoms with Crippen LogP contribution in [-0.2, 0) is 11.2 Å². The van der Waals surface area contributed by atoms with Crippen molar-refractivity contribution in [1.82, 2.24) is 5.32 Å². The number of aliphatic hydroxyl groups excluding tert-OH is 1. The summed E-state index contributed by atoms with van der Waals surface area (Å²) in [6.45, 7) is 17.2. The van der Waals surface area contributed by atoms with E-state index in [0.29, 0.717) is 18.6 Å². The third-order valence-electron chi connectivity index (χ3n) is 11.0. The standard InChI is InChI=1S/C41H44N4O3/c1-9-26-22(5)32-17-36-29(14-28-20(3)12-19(2)13-21(28)4)24(7)31(43-36)16-33-23(6)27(10-11-38(47)48)40(44-33)30-15-37(46)39-25(8)34(45-41(30)39)18-35(26)42-32/h12-13,16-18,23,27,44,46H,9-11,14-15H2,1-8H3,(H,47,48)/t23-,27-/m0/s1. The van der Waals surface area contributed by atoms with Crippen LogP contribution in [0.2, 0.25) is 0 Å². The molecule has 0 saturated carbocycles. The number of nitrogens with one attached hydrogen (secondary N) is 1. The van der Waals surface area contributed by atoms with E-state index in [1.54, 1.807) is 0 Å². The van der Waals surface area contributed by atoms with E-state index in [9.17, 15) is 15.0 Å². The lowest BCUT2D eigenvalue weighted by Gasteiger charge is -2.17. The zero-order valence-corrected chi connectivity index (χ0v) is 29.2. The second kappa shape index (κ2) is 11.7. The number of aryl methyl sites for hydroxylation is 3. The van der Waals surface area contributed by atoms with Crippen molar-refractivity contribution < 1.29 is 15.0 Å². The minimum absolute atomic E-state index is 0.0256. The molecule has 7 nitrogen and oxygen atoms in total. The molecular weight excluding hydrogens is 596 g/mol. The van der Waals surface area contributed by atoms with Gasteiger partial charge in [-0.25, -0.2) is 15.0 Å². The summed E-state index contributed by atoms with van der Waals surface area (Å²) in [5.74, 6) is -0.541. The van der Waals surface area contributed by atoms with Crippen LogP contribution in [-0.4, -0.2) is 33.3 Å². The van der Waals surface area contributed by atoms with Gasteiger partial charge in [-0.05, 0) is 117 Å². The molecule has 1 aromatic rings. The molecule has 0 amide bonds. The molecule has 7 rings (SSSR count). The van der Waals surface area contributed by atoms with E-state index in [2.05, 4.69) is 84.1 Å². The van der Waals surface area contributed by atoms with Crippen LogP contribution in [0.4, 0.5) is 0 Å². The van der Waals surface area contributed by atoms with Gasteiger partial charge in [0.25, 0.3) is 0 Å². The lowest BCUT2D eigenvalue weighted by molar-refractivity contribution is -0.137. The number of aliphatic hydroxyl groups is 1. The maximum atomic E-state index is 11.8. The molecule has 7 heteroatoms. The molecule has 5 aliphatic heterocycles. The van der Waals surface area contributed by atoms with Gasteiger partial charge in [-0.1, -0.05) is 31.5 Å². The van der Waals surface area contributed by atoms with Crippen molar-refractivity contribution >= 4 is 23.1 Å². The van der Waals surface area contributed by atoms with Crippen molar-refractivity contribution in [1.29, 1.82) is 0 Å². The van der Waals surface area contributed by atoms with E-state index in [0.717, 1.165) is 86.3 Å². The zero-order valence-electron chi connectivity index (χ0n) is 29.2. The quantitative estimate of drug-likeness (QED) is 0.289. The molecule has 48 heavy (non-hydrogen) atoms. The number of hydrogen-bond donors (Lipinski definition) is 3. The fraction of sp³-hybridized carbons (Fsp3) is 0.366. The van der Waals surface area contributed by atoms with E-state index in [-0.39, 0.29) is 18.3 Å². The van der Waals surface area contributed by atoms with Crippen LogP contribution in [0, 0.1) is 32.6 Å². The molecule has 1 aliphatic carbocycles. The van der Waals surface area contributed by atoms with Gasteiger partial charge in [-0.2, -0.15) is 0 Å². The van der Waals surface area contributed by atoms with Crippen molar-refractivity contribution in [3.05, 3.63) is 126 Å². The molecule has 1 fully saturated rings. The number of aliphatic carboxylic acids is 1. The number of aliphatic imine (C=N–C) groups is 3. The summed E-state index contributed by atoms with van der Waals surface area (Å²) >= 11 is 0.